The molecule has 0 saturated heterocycles. The zero-order valence-corrected chi connectivity index (χ0v) is 13.3. The van der Waals surface area contributed by atoms with Crippen molar-refractivity contribution in [3.8, 4) is 0 Å². The molecule has 0 spiro atoms. The van der Waals surface area contributed by atoms with Crippen LogP contribution < -0.4 is 0 Å². The van der Waals surface area contributed by atoms with Crippen LogP contribution in [-0.2, 0) is 4.79 Å². The molecule has 1 aromatic carbocycles. The summed E-state index contributed by atoms with van der Waals surface area (Å²) in [6.45, 7) is 6.50. The lowest BCUT2D eigenvalue weighted by molar-refractivity contribution is -0.385. The van der Waals surface area contributed by atoms with Crippen LogP contribution in [0.3, 0.4) is 0 Å². The number of hydrogen-bond donors (Lipinski definition) is 0. The van der Waals surface area contributed by atoms with Gasteiger partial charge >= 0.3 is 0 Å². The average Bonchev–Trinajstić information content (AvgIpc) is 2.47. The Hall–Kier alpha value is -2.44. The van der Waals surface area contributed by atoms with Crippen molar-refractivity contribution >= 4 is 17.5 Å². The minimum Gasteiger partial charge on any atom is -0.342 e. The van der Waals surface area contributed by atoms with Gasteiger partial charge < -0.3 is 9.80 Å². The van der Waals surface area contributed by atoms with Gasteiger partial charge in [0.1, 0.15) is 0 Å². The Morgan fingerprint density at radius 2 is 1.82 bits per heavy atom. The van der Waals surface area contributed by atoms with Crippen LogP contribution in [0.4, 0.5) is 5.69 Å². The van der Waals surface area contributed by atoms with Gasteiger partial charge in [-0.3, -0.25) is 19.7 Å². The highest BCUT2D eigenvalue weighted by Gasteiger charge is 2.19. The van der Waals surface area contributed by atoms with Gasteiger partial charge in [0.05, 0.1) is 11.5 Å². The number of nitro benzene ring substituents is 1. The minimum atomic E-state index is -0.489. The molecule has 1 rings (SSSR count). The van der Waals surface area contributed by atoms with Crippen LogP contribution in [0.15, 0.2) is 18.2 Å². The van der Waals surface area contributed by atoms with E-state index in [2.05, 4.69) is 0 Å². The fourth-order valence-corrected chi connectivity index (χ4v) is 2.16. The minimum absolute atomic E-state index is 0.0173. The summed E-state index contributed by atoms with van der Waals surface area (Å²) in [6.07, 6.45) is 0. The maximum atomic E-state index is 12.3. The number of nitrogens with zero attached hydrogens (tertiary/aromatic N) is 3. The first kappa shape index (κ1) is 17.6. The molecular formula is C15H21N3O4. The van der Waals surface area contributed by atoms with E-state index in [9.17, 15) is 19.7 Å². The molecule has 120 valence electrons. The van der Waals surface area contributed by atoms with E-state index >= 15 is 0 Å². The summed E-state index contributed by atoms with van der Waals surface area (Å²) in [5.74, 6) is -0.460. The van der Waals surface area contributed by atoms with Crippen molar-refractivity contribution in [3.63, 3.8) is 0 Å². The third kappa shape index (κ3) is 4.03. The molecule has 0 saturated carbocycles. The summed E-state index contributed by atoms with van der Waals surface area (Å²) in [7, 11) is 1.54. The first-order valence-corrected chi connectivity index (χ1v) is 7.10. The fraction of sp³-hybridized carbons (Fsp3) is 0.467. The molecule has 0 fully saturated rings. The number of carbonyl (C=O) groups excluding carboxylic acids is 2. The van der Waals surface area contributed by atoms with Gasteiger partial charge in [0, 0.05) is 37.3 Å². The molecule has 0 aliphatic heterocycles. The molecular weight excluding hydrogens is 286 g/mol. The van der Waals surface area contributed by atoms with Crippen LogP contribution in [0, 0.1) is 17.0 Å². The van der Waals surface area contributed by atoms with Crippen molar-refractivity contribution in [2.75, 3.05) is 26.7 Å². The van der Waals surface area contributed by atoms with Crippen LogP contribution in [-0.4, -0.2) is 53.2 Å². The first-order valence-electron chi connectivity index (χ1n) is 7.10. The maximum absolute atomic E-state index is 12.3. The van der Waals surface area contributed by atoms with Crippen LogP contribution in [0.25, 0.3) is 0 Å². The van der Waals surface area contributed by atoms with Gasteiger partial charge in [-0.05, 0) is 32.9 Å². The third-order valence-electron chi connectivity index (χ3n) is 3.48. The van der Waals surface area contributed by atoms with Crippen molar-refractivity contribution in [1.29, 1.82) is 0 Å². The summed E-state index contributed by atoms with van der Waals surface area (Å²) >= 11 is 0. The SMILES string of the molecule is CCN(CC)C(=O)CN(C)C(=O)c1ccc([N+](=O)[O-])c(C)c1. The van der Waals surface area contributed by atoms with Crippen molar-refractivity contribution in [3.05, 3.63) is 39.4 Å². The zero-order valence-electron chi connectivity index (χ0n) is 13.3. The lowest BCUT2D eigenvalue weighted by atomic mass is 10.1. The average molecular weight is 307 g/mol. The number of likely N-dealkylation sites (N-methyl/N-ethyl adjacent to an activating group) is 2. The van der Waals surface area contributed by atoms with Gasteiger partial charge in [-0.25, -0.2) is 0 Å². The highest BCUT2D eigenvalue weighted by Crippen LogP contribution is 2.19. The number of carbonyl (C=O) groups is 2. The normalized spacial score (nSPS) is 10.2. The largest absolute Gasteiger partial charge is 0.342 e. The van der Waals surface area contributed by atoms with E-state index in [0.717, 1.165) is 0 Å². The number of rotatable bonds is 6. The van der Waals surface area contributed by atoms with Crippen molar-refractivity contribution < 1.29 is 14.5 Å². The molecule has 7 nitrogen and oxygen atoms in total. The van der Waals surface area contributed by atoms with Crippen molar-refractivity contribution in [2.24, 2.45) is 0 Å². The summed E-state index contributed by atoms with van der Waals surface area (Å²) in [4.78, 5) is 37.6. The van der Waals surface area contributed by atoms with Crippen molar-refractivity contribution in [1.82, 2.24) is 9.80 Å². The summed E-state index contributed by atoms with van der Waals surface area (Å²) < 4.78 is 0. The smallest absolute Gasteiger partial charge is 0.272 e. The van der Waals surface area contributed by atoms with Crippen LogP contribution in [0.2, 0.25) is 0 Å². The standard InChI is InChI=1S/C15H21N3O4/c1-5-17(6-2)14(19)10-16(4)15(20)12-7-8-13(18(21)22)11(3)9-12/h7-9H,5-6,10H2,1-4H3. The van der Waals surface area contributed by atoms with E-state index in [4.69, 9.17) is 0 Å². The Labute approximate surface area is 129 Å². The Bertz CT molecular complexity index is 582. The topological polar surface area (TPSA) is 83.8 Å². The summed E-state index contributed by atoms with van der Waals surface area (Å²) in [5.41, 5.74) is 0.718. The predicted molar refractivity (Wildman–Crippen MR) is 82.7 cm³/mol. The van der Waals surface area contributed by atoms with Gasteiger partial charge in [-0.15, -0.1) is 0 Å². The van der Waals surface area contributed by atoms with E-state index in [-0.39, 0.29) is 24.0 Å². The Balaban J connectivity index is 2.85. The summed E-state index contributed by atoms with van der Waals surface area (Å²) in [5, 5.41) is 10.8. The second-order valence-corrected chi connectivity index (χ2v) is 4.99. The molecule has 2 amide bonds. The fourth-order valence-electron chi connectivity index (χ4n) is 2.16. The van der Waals surface area contributed by atoms with Gasteiger partial charge in [-0.2, -0.15) is 0 Å². The molecule has 0 unspecified atom stereocenters. The second kappa shape index (κ2) is 7.53. The number of nitro groups is 1. The maximum Gasteiger partial charge on any atom is 0.272 e. The quantitative estimate of drug-likeness (QED) is 0.593. The lowest BCUT2D eigenvalue weighted by Crippen LogP contribution is -2.41. The number of benzene rings is 1. The van der Waals surface area contributed by atoms with Gasteiger partial charge in [-0.1, -0.05) is 0 Å². The molecule has 0 atom stereocenters. The van der Waals surface area contributed by atoms with Crippen molar-refractivity contribution in [2.45, 2.75) is 20.8 Å². The van der Waals surface area contributed by atoms with E-state index in [1.165, 1.54) is 23.1 Å². The third-order valence-corrected chi connectivity index (χ3v) is 3.48. The van der Waals surface area contributed by atoms with Gasteiger partial charge in [0.15, 0.2) is 0 Å². The molecule has 0 aliphatic rings. The highest BCUT2D eigenvalue weighted by molar-refractivity contribution is 5.96. The second-order valence-electron chi connectivity index (χ2n) is 4.99. The number of hydrogen-bond acceptors (Lipinski definition) is 4. The molecule has 0 radical (unpaired) electrons. The molecule has 0 N–H and O–H groups in total. The van der Waals surface area contributed by atoms with E-state index in [0.29, 0.717) is 24.2 Å². The highest BCUT2D eigenvalue weighted by atomic mass is 16.6. The van der Waals surface area contributed by atoms with Gasteiger partial charge in [0.25, 0.3) is 11.6 Å². The lowest BCUT2D eigenvalue weighted by Gasteiger charge is -2.23. The van der Waals surface area contributed by atoms with Crippen LogP contribution in [0.1, 0.15) is 29.8 Å². The predicted octanol–water partition coefficient (Wildman–Crippen LogP) is 1.84. The first-order chi connectivity index (χ1) is 10.3. The molecule has 0 aromatic heterocycles. The Morgan fingerprint density at radius 1 is 1.23 bits per heavy atom. The molecule has 7 heteroatoms. The zero-order chi connectivity index (χ0) is 16.9. The van der Waals surface area contributed by atoms with Crippen LogP contribution in [0.5, 0.6) is 0 Å². The monoisotopic (exact) mass is 307 g/mol. The summed E-state index contributed by atoms with van der Waals surface area (Å²) in [6, 6.07) is 4.19. The molecule has 1 aromatic rings. The van der Waals surface area contributed by atoms with E-state index < -0.39 is 4.92 Å². The van der Waals surface area contributed by atoms with Gasteiger partial charge in [0.2, 0.25) is 5.91 Å². The Kier molecular flexibility index (Phi) is 6.03. The van der Waals surface area contributed by atoms with Crippen LogP contribution >= 0.6 is 0 Å². The number of aryl methyl sites for hydroxylation is 1. The number of amides is 2. The molecule has 0 aliphatic carbocycles. The molecule has 22 heavy (non-hydrogen) atoms. The molecule has 0 bridgehead atoms. The Morgan fingerprint density at radius 3 is 2.27 bits per heavy atom. The molecule has 0 heterocycles. The van der Waals surface area contributed by atoms with E-state index in [1.54, 1.807) is 18.9 Å². The van der Waals surface area contributed by atoms with E-state index in [1.807, 2.05) is 13.8 Å².